The third kappa shape index (κ3) is 4.43. The van der Waals surface area contributed by atoms with Gasteiger partial charge in [-0.25, -0.2) is 8.42 Å². The van der Waals surface area contributed by atoms with E-state index < -0.39 is 10.0 Å². The second-order valence-corrected chi connectivity index (χ2v) is 11.0. The molecule has 0 aliphatic carbocycles. The second-order valence-electron chi connectivity index (χ2n) is 7.71. The van der Waals surface area contributed by atoms with Crippen molar-refractivity contribution in [2.45, 2.75) is 49.0 Å². The van der Waals surface area contributed by atoms with Gasteiger partial charge in [0.1, 0.15) is 4.21 Å². The Morgan fingerprint density at radius 2 is 1.82 bits per heavy atom. The molecule has 7 nitrogen and oxygen atoms in total. The summed E-state index contributed by atoms with van der Waals surface area (Å²) < 4.78 is 38.7. The molecule has 1 amide bonds. The van der Waals surface area contributed by atoms with Gasteiger partial charge in [0.05, 0.1) is 19.6 Å². The van der Waals surface area contributed by atoms with Crippen molar-refractivity contribution >= 4 is 27.3 Å². The van der Waals surface area contributed by atoms with Crippen LogP contribution in [-0.4, -0.2) is 69.2 Å². The van der Waals surface area contributed by atoms with Crippen LogP contribution in [0.25, 0.3) is 0 Å². The third-order valence-electron chi connectivity index (χ3n) is 5.71. The monoisotopic (exact) mass is 428 g/mol. The predicted octanol–water partition coefficient (Wildman–Crippen LogP) is 2.08. The van der Waals surface area contributed by atoms with Crippen LogP contribution in [-0.2, 0) is 30.7 Å². The van der Waals surface area contributed by atoms with Crippen molar-refractivity contribution < 1.29 is 22.7 Å². The number of ether oxygens (including phenoxy) is 2. The number of carbonyl (C=O) groups is 1. The molecule has 0 bridgehead atoms. The standard InChI is InChI=1S/C19H28N2O5S2/c22-17(20-8-4-5-15(14-20)19-25-11-12-26-19)13-16-6-7-18(27-16)28(23,24)21-9-2-1-3-10-21/h6-7,15,19H,1-5,8-14H2. The van der Waals surface area contributed by atoms with E-state index in [0.717, 1.165) is 43.5 Å². The van der Waals surface area contributed by atoms with E-state index >= 15 is 0 Å². The Morgan fingerprint density at radius 3 is 2.57 bits per heavy atom. The van der Waals surface area contributed by atoms with Gasteiger partial charge in [0.15, 0.2) is 6.29 Å². The van der Waals surface area contributed by atoms with Gasteiger partial charge in [-0.15, -0.1) is 11.3 Å². The highest BCUT2D eigenvalue weighted by Gasteiger charge is 2.33. The van der Waals surface area contributed by atoms with E-state index in [4.69, 9.17) is 9.47 Å². The number of carbonyl (C=O) groups excluding carboxylic acids is 1. The summed E-state index contributed by atoms with van der Waals surface area (Å²) in [6.45, 7) is 3.82. The maximum Gasteiger partial charge on any atom is 0.252 e. The van der Waals surface area contributed by atoms with Crippen molar-refractivity contribution in [3.05, 3.63) is 17.0 Å². The Morgan fingerprint density at radius 1 is 1.07 bits per heavy atom. The first-order valence-electron chi connectivity index (χ1n) is 10.1. The predicted molar refractivity (Wildman–Crippen MR) is 106 cm³/mol. The van der Waals surface area contributed by atoms with Crippen molar-refractivity contribution in [2.24, 2.45) is 5.92 Å². The lowest BCUT2D eigenvalue weighted by Crippen LogP contribution is -2.44. The number of hydrogen-bond donors (Lipinski definition) is 0. The van der Waals surface area contributed by atoms with Gasteiger partial charge >= 0.3 is 0 Å². The Kier molecular flexibility index (Phi) is 6.37. The lowest BCUT2D eigenvalue weighted by molar-refractivity contribution is -0.138. The Bertz CT molecular complexity index is 782. The lowest BCUT2D eigenvalue weighted by atomic mass is 9.97. The topological polar surface area (TPSA) is 76.2 Å². The number of nitrogens with zero attached hydrogens (tertiary/aromatic N) is 2. The molecule has 0 aromatic carbocycles. The molecule has 156 valence electrons. The summed E-state index contributed by atoms with van der Waals surface area (Å²) in [5, 5.41) is 0. The van der Waals surface area contributed by atoms with Gasteiger partial charge in [-0.05, 0) is 37.8 Å². The Hall–Kier alpha value is -1.00. The van der Waals surface area contributed by atoms with Crippen LogP contribution in [0, 0.1) is 5.92 Å². The summed E-state index contributed by atoms with van der Waals surface area (Å²) in [4.78, 5) is 15.5. The molecule has 3 aliphatic heterocycles. The van der Waals surface area contributed by atoms with Gasteiger partial charge < -0.3 is 14.4 Å². The molecule has 4 rings (SSSR count). The Balaban J connectivity index is 1.37. The highest BCUT2D eigenvalue weighted by atomic mass is 32.2. The van der Waals surface area contributed by atoms with Crippen molar-refractivity contribution in [2.75, 3.05) is 39.4 Å². The smallest absolute Gasteiger partial charge is 0.252 e. The minimum absolute atomic E-state index is 0.0477. The van der Waals surface area contributed by atoms with Crippen LogP contribution >= 0.6 is 11.3 Å². The van der Waals surface area contributed by atoms with E-state index in [1.54, 1.807) is 16.4 Å². The van der Waals surface area contributed by atoms with Gasteiger partial charge in [-0.2, -0.15) is 4.31 Å². The van der Waals surface area contributed by atoms with Crippen molar-refractivity contribution in [3.8, 4) is 0 Å². The summed E-state index contributed by atoms with van der Waals surface area (Å²) in [6, 6.07) is 3.43. The van der Waals surface area contributed by atoms with Crippen LogP contribution in [0.15, 0.2) is 16.3 Å². The van der Waals surface area contributed by atoms with Gasteiger partial charge in [0, 0.05) is 37.0 Å². The third-order valence-corrected chi connectivity index (χ3v) is 9.17. The molecule has 0 N–H and O–H groups in total. The SMILES string of the molecule is O=C(Cc1ccc(S(=O)(=O)N2CCCCC2)s1)N1CCCC(C2OCCO2)C1. The number of likely N-dealkylation sites (tertiary alicyclic amines) is 1. The molecule has 0 spiro atoms. The number of thiophene rings is 1. The van der Waals surface area contributed by atoms with Crippen LogP contribution in [0.1, 0.15) is 37.0 Å². The molecule has 9 heteroatoms. The first kappa shape index (κ1) is 20.3. The summed E-state index contributed by atoms with van der Waals surface area (Å²) >= 11 is 1.23. The van der Waals surface area contributed by atoms with Crippen LogP contribution in [0.3, 0.4) is 0 Å². The quantitative estimate of drug-likeness (QED) is 0.718. The zero-order valence-corrected chi connectivity index (χ0v) is 17.7. The molecular formula is C19H28N2O5S2. The van der Waals surface area contributed by atoms with Crippen molar-refractivity contribution in [1.82, 2.24) is 9.21 Å². The van der Waals surface area contributed by atoms with E-state index in [0.29, 0.717) is 37.1 Å². The molecule has 3 saturated heterocycles. The van der Waals surface area contributed by atoms with Gasteiger partial charge in [0.2, 0.25) is 5.91 Å². The maximum atomic E-state index is 12.8. The molecular weight excluding hydrogens is 400 g/mol. The zero-order chi connectivity index (χ0) is 19.6. The minimum atomic E-state index is -3.43. The van der Waals surface area contributed by atoms with Gasteiger partial charge in [-0.1, -0.05) is 6.42 Å². The van der Waals surface area contributed by atoms with Gasteiger partial charge in [-0.3, -0.25) is 4.79 Å². The molecule has 3 fully saturated rings. The highest BCUT2D eigenvalue weighted by Crippen LogP contribution is 2.29. The molecule has 4 heterocycles. The molecule has 0 radical (unpaired) electrons. The highest BCUT2D eigenvalue weighted by molar-refractivity contribution is 7.91. The molecule has 1 atom stereocenters. The summed E-state index contributed by atoms with van der Waals surface area (Å²) in [7, 11) is -3.43. The number of sulfonamides is 1. The van der Waals surface area contributed by atoms with Crippen LogP contribution < -0.4 is 0 Å². The average Bonchev–Trinajstić information content (AvgIpc) is 3.41. The van der Waals surface area contributed by atoms with E-state index in [1.165, 1.54) is 11.3 Å². The van der Waals surface area contributed by atoms with E-state index in [9.17, 15) is 13.2 Å². The fourth-order valence-electron chi connectivity index (χ4n) is 4.19. The number of amides is 1. The first-order valence-corrected chi connectivity index (χ1v) is 12.4. The maximum absolute atomic E-state index is 12.8. The van der Waals surface area contributed by atoms with E-state index in [1.807, 2.05) is 4.90 Å². The first-order chi connectivity index (χ1) is 13.5. The fourth-order valence-corrected chi connectivity index (χ4v) is 7.21. The normalized spacial score (nSPS) is 25.3. The van der Waals surface area contributed by atoms with Crippen LogP contribution in [0.5, 0.6) is 0 Å². The Labute approximate surface area is 170 Å². The van der Waals surface area contributed by atoms with E-state index in [-0.39, 0.29) is 24.5 Å². The molecule has 28 heavy (non-hydrogen) atoms. The molecule has 3 aliphatic rings. The summed E-state index contributed by atoms with van der Waals surface area (Å²) in [5.74, 6) is 0.269. The lowest BCUT2D eigenvalue weighted by Gasteiger charge is -2.34. The number of piperidine rings is 2. The number of rotatable bonds is 5. The average molecular weight is 429 g/mol. The molecule has 1 unspecified atom stereocenters. The minimum Gasteiger partial charge on any atom is -0.350 e. The summed E-state index contributed by atoms with van der Waals surface area (Å²) in [5.41, 5.74) is 0. The van der Waals surface area contributed by atoms with Crippen molar-refractivity contribution in [3.63, 3.8) is 0 Å². The fraction of sp³-hybridized carbons (Fsp3) is 0.737. The van der Waals surface area contributed by atoms with Crippen LogP contribution in [0.2, 0.25) is 0 Å². The second kappa shape index (κ2) is 8.79. The summed E-state index contributed by atoms with van der Waals surface area (Å²) in [6.07, 6.45) is 4.92. The van der Waals surface area contributed by atoms with Crippen molar-refractivity contribution in [1.29, 1.82) is 0 Å². The molecule has 0 saturated carbocycles. The largest absolute Gasteiger partial charge is 0.350 e. The number of hydrogen-bond acceptors (Lipinski definition) is 6. The molecule has 1 aromatic rings. The van der Waals surface area contributed by atoms with Crippen LogP contribution in [0.4, 0.5) is 0 Å². The zero-order valence-electron chi connectivity index (χ0n) is 16.0. The van der Waals surface area contributed by atoms with E-state index in [2.05, 4.69) is 0 Å². The molecule has 1 aromatic heterocycles. The van der Waals surface area contributed by atoms with Gasteiger partial charge in [0.25, 0.3) is 10.0 Å².